The molecule has 0 fully saturated rings. The Balaban J connectivity index is 1.62. The van der Waals surface area contributed by atoms with Crippen LogP contribution in [0.25, 0.3) is 5.82 Å². The highest BCUT2D eigenvalue weighted by molar-refractivity contribution is 6.06. The minimum absolute atomic E-state index is 0.193. The summed E-state index contributed by atoms with van der Waals surface area (Å²) in [6, 6.07) is 15.7. The number of aromatic nitrogens is 3. The van der Waals surface area contributed by atoms with E-state index in [4.69, 9.17) is 4.42 Å². The first-order valence-electron chi connectivity index (χ1n) is 10.5. The standard InChI is InChI=1S/C25H25N5O3/c1-16-10-11-17(14-18(16)27-24(32)19-8-7-13-33-19)23(31)28-22-15-20(25(2,3)4)29-30(22)21-9-5-6-12-26-21/h5-15H,1-4H3,(H,27,32)(H,28,31). The van der Waals surface area contributed by atoms with Crippen LogP contribution >= 0.6 is 0 Å². The zero-order chi connectivity index (χ0) is 23.6. The van der Waals surface area contributed by atoms with Crippen molar-refractivity contribution in [2.45, 2.75) is 33.1 Å². The van der Waals surface area contributed by atoms with Gasteiger partial charge in [0.15, 0.2) is 11.6 Å². The van der Waals surface area contributed by atoms with Gasteiger partial charge in [-0.1, -0.05) is 32.9 Å². The van der Waals surface area contributed by atoms with Gasteiger partial charge in [-0.05, 0) is 48.9 Å². The summed E-state index contributed by atoms with van der Waals surface area (Å²) in [5, 5.41) is 10.4. The number of rotatable bonds is 5. The molecule has 4 rings (SSSR count). The summed E-state index contributed by atoms with van der Waals surface area (Å²) in [6.45, 7) is 8.01. The molecule has 0 atom stereocenters. The molecule has 33 heavy (non-hydrogen) atoms. The highest BCUT2D eigenvalue weighted by Gasteiger charge is 2.22. The summed E-state index contributed by atoms with van der Waals surface area (Å²) in [5.41, 5.74) is 2.34. The van der Waals surface area contributed by atoms with Gasteiger partial charge in [0.05, 0.1) is 12.0 Å². The average molecular weight is 444 g/mol. The summed E-state index contributed by atoms with van der Waals surface area (Å²) in [5.74, 6) is 0.576. The number of aryl methyl sites for hydroxylation is 1. The van der Waals surface area contributed by atoms with E-state index < -0.39 is 0 Å². The molecular weight excluding hydrogens is 418 g/mol. The lowest BCUT2D eigenvalue weighted by atomic mass is 9.92. The van der Waals surface area contributed by atoms with Crippen molar-refractivity contribution in [3.8, 4) is 5.82 Å². The van der Waals surface area contributed by atoms with Crippen molar-refractivity contribution in [1.82, 2.24) is 14.8 Å². The predicted molar refractivity (Wildman–Crippen MR) is 126 cm³/mol. The highest BCUT2D eigenvalue weighted by atomic mass is 16.3. The minimum atomic E-state index is -0.385. The summed E-state index contributed by atoms with van der Waals surface area (Å²) < 4.78 is 6.76. The highest BCUT2D eigenvalue weighted by Crippen LogP contribution is 2.26. The molecule has 0 aliphatic carbocycles. The van der Waals surface area contributed by atoms with Gasteiger partial charge >= 0.3 is 0 Å². The molecule has 3 heterocycles. The van der Waals surface area contributed by atoms with Gasteiger partial charge in [0.1, 0.15) is 5.82 Å². The van der Waals surface area contributed by atoms with Crippen molar-refractivity contribution in [1.29, 1.82) is 0 Å². The van der Waals surface area contributed by atoms with Crippen LogP contribution in [0.15, 0.2) is 71.5 Å². The lowest BCUT2D eigenvalue weighted by Crippen LogP contribution is -2.17. The summed E-state index contributed by atoms with van der Waals surface area (Å²) in [6.07, 6.45) is 3.11. The lowest BCUT2D eigenvalue weighted by molar-refractivity contribution is 0.0993. The Morgan fingerprint density at radius 2 is 1.79 bits per heavy atom. The Morgan fingerprint density at radius 1 is 0.970 bits per heavy atom. The lowest BCUT2D eigenvalue weighted by Gasteiger charge is -2.13. The first-order chi connectivity index (χ1) is 15.7. The van der Waals surface area contributed by atoms with Gasteiger partial charge in [-0.25, -0.2) is 4.98 Å². The van der Waals surface area contributed by atoms with E-state index in [0.717, 1.165) is 11.3 Å². The Hall–Kier alpha value is -4.20. The van der Waals surface area contributed by atoms with Crippen LogP contribution in [-0.4, -0.2) is 26.6 Å². The zero-order valence-corrected chi connectivity index (χ0v) is 18.9. The van der Waals surface area contributed by atoms with E-state index in [-0.39, 0.29) is 23.0 Å². The van der Waals surface area contributed by atoms with Gasteiger partial charge in [-0.2, -0.15) is 9.78 Å². The van der Waals surface area contributed by atoms with Crippen LogP contribution in [0.2, 0.25) is 0 Å². The van der Waals surface area contributed by atoms with Gasteiger partial charge in [0.25, 0.3) is 11.8 Å². The number of nitrogens with zero attached hydrogens (tertiary/aromatic N) is 3. The maximum absolute atomic E-state index is 13.1. The third kappa shape index (κ3) is 4.85. The van der Waals surface area contributed by atoms with E-state index in [9.17, 15) is 9.59 Å². The van der Waals surface area contributed by atoms with Crippen LogP contribution in [0, 0.1) is 6.92 Å². The molecular formula is C25H25N5O3. The topological polar surface area (TPSA) is 102 Å². The van der Waals surface area contributed by atoms with Crippen LogP contribution in [0.4, 0.5) is 11.5 Å². The average Bonchev–Trinajstić information content (AvgIpc) is 3.46. The van der Waals surface area contributed by atoms with E-state index in [2.05, 4.69) is 41.5 Å². The minimum Gasteiger partial charge on any atom is -0.459 e. The van der Waals surface area contributed by atoms with Gasteiger partial charge in [-0.3, -0.25) is 9.59 Å². The SMILES string of the molecule is Cc1ccc(C(=O)Nc2cc(C(C)(C)C)nn2-c2ccccn2)cc1NC(=O)c1ccco1. The van der Waals surface area contributed by atoms with Crippen LogP contribution in [0.1, 0.15) is 52.9 Å². The number of nitrogens with one attached hydrogen (secondary N) is 2. The molecule has 1 aromatic carbocycles. The van der Waals surface area contributed by atoms with Gasteiger partial charge in [-0.15, -0.1) is 0 Å². The Labute approximate surface area is 191 Å². The second-order valence-electron chi connectivity index (χ2n) is 8.68. The molecule has 2 amide bonds. The quantitative estimate of drug-likeness (QED) is 0.453. The Bertz CT molecular complexity index is 1290. The maximum atomic E-state index is 13.1. The third-order valence-corrected chi connectivity index (χ3v) is 5.08. The normalized spacial score (nSPS) is 11.3. The molecule has 0 saturated carbocycles. The molecule has 0 radical (unpaired) electrons. The molecule has 8 heteroatoms. The number of furan rings is 1. The fourth-order valence-electron chi connectivity index (χ4n) is 3.17. The number of pyridine rings is 1. The van der Waals surface area contributed by atoms with E-state index in [0.29, 0.717) is 22.9 Å². The number of benzene rings is 1. The number of amides is 2. The second-order valence-corrected chi connectivity index (χ2v) is 8.68. The first-order valence-corrected chi connectivity index (χ1v) is 10.5. The monoisotopic (exact) mass is 443 g/mol. The molecule has 0 saturated heterocycles. The van der Waals surface area contributed by atoms with Gasteiger partial charge in [0, 0.05) is 28.9 Å². The molecule has 0 spiro atoms. The number of carbonyl (C=O) groups is 2. The zero-order valence-electron chi connectivity index (χ0n) is 18.9. The number of hydrogen-bond acceptors (Lipinski definition) is 5. The largest absolute Gasteiger partial charge is 0.459 e. The molecule has 2 N–H and O–H groups in total. The molecule has 0 unspecified atom stereocenters. The van der Waals surface area contributed by atoms with Crippen LogP contribution in [0.3, 0.4) is 0 Å². The molecule has 168 valence electrons. The van der Waals surface area contributed by atoms with Crippen LogP contribution < -0.4 is 10.6 Å². The Morgan fingerprint density at radius 3 is 2.45 bits per heavy atom. The van der Waals surface area contributed by atoms with Gasteiger partial charge in [0.2, 0.25) is 0 Å². The number of carbonyl (C=O) groups excluding carboxylic acids is 2. The van der Waals surface area contributed by atoms with Crippen LogP contribution in [-0.2, 0) is 5.41 Å². The van der Waals surface area contributed by atoms with Crippen molar-refractivity contribution in [3.63, 3.8) is 0 Å². The smallest absolute Gasteiger partial charge is 0.291 e. The van der Waals surface area contributed by atoms with E-state index in [1.807, 2.05) is 31.2 Å². The van der Waals surface area contributed by atoms with Gasteiger partial charge < -0.3 is 15.1 Å². The third-order valence-electron chi connectivity index (χ3n) is 5.08. The second kappa shape index (κ2) is 8.74. The van der Waals surface area contributed by atoms with Crippen molar-refractivity contribution in [2.75, 3.05) is 10.6 Å². The molecule has 8 nitrogen and oxygen atoms in total. The molecule has 0 aliphatic rings. The van der Waals surface area contributed by atoms with E-state index in [1.54, 1.807) is 41.2 Å². The summed E-state index contributed by atoms with van der Waals surface area (Å²) >= 11 is 0. The fourth-order valence-corrected chi connectivity index (χ4v) is 3.17. The molecule has 0 bridgehead atoms. The molecule has 4 aromatic rings. The number of hydrogen-bond donors (Lipinski definition) is 2. The van der Waals surface area contributed by atoms with Crippen LogP contribution in [0.5, 0.6) is 0 Å². The number of anilines is 2. The van der Waals surface area contributed by atoms with Crippen molar-refractivity contribution in [2.24, 2.45) is 0 Å². The predicted octanol–water partition coefficient (Wildman–Crippen LogP) is 4.97. The van der Waals surface area contributed by atoms with Crippen molar-refractivity contribution in [3.05, 3.63) is 89.6 Å². The van der Waals surface area contributed by atoms with E-state index in [1.165, 1.54) is 6.26 Å². The summed E-state index contributed by atoms with van der Waals surface area (Å²) in [7, 11) is 0. The molecule has 3 aromatic heterocycles. The Kier molecular flexibility index (Phi) is 5.83. The summed E-state index contributed by atoms with van der Waals surface area (Å²) in [4.78, 5) is 29.9. The maximum Gasteiger partial charge on any atom is 0.291 e. The first kappa shape index (κ1) is 22.0. The van der Waals surface area contributed by atoms with E-state index >= 15 is 0 Å². The fraction of sp³-hybridized carbons (Fsp3) is 0.200. The van der Waals surface area contributed by atoms with Crippen molar-refractivity contribution >= 4 is 23.3 Å². The molecule has 0 aliphatic heterocycles. The van der Waals surface area contributed by atoms with Crippen molar-refractivity contribution < 1.29 is 14.0 Å².